The third-order valence-corrected chi connectivity index (χ3v) is 13.1. The Labute approximate surface area is 327 Å². The molecule has 6 nitrogen and oxygen atoms in total. The Morgan fingerprint density at radius 2 is 1.37 bits per heavy atom. The Morgan fingerprint density at radius 1 is 0.561 bits per heavy atom. The first-order valence-electron chi connectivity index (χ1n) is 19.7. The van der Waals surface area contributed by atoms with Gasteiger partial charge in [-0.05, 0) is 105 Å². The molecule has 2 unspecified atom stereocenters. The predicted molar refractivity (Wildman–Crippen MR) is 228 cm³/mol. The van der Waals surface area contributed by atoms with Gasteiger partial charge in [0.05, 0.1) is 33.3 Å². The van der Waals surface area contributed by atoms with Crippen LogP contribution in [0.25, 0.3) is 61.3 Å². The second kappa shape index (κ2) is 10.7. The standard InChI is InChI=1S/C50H29BN6/c1-3-12-28(13-4-1)39-32-17-10-23-53-46(32)42-31-16-9-18-34-40(31)41(43(39)42)33-26-29(36-19-7-8-22-52-36)27-38-45(33)51(34)35-21-25-55-48-44-47-37(20-11-24-54-47)56(30-14-5-2-6-15-30)50(44)57(38)49(35)48/h1-27,39,41H. The van der Waals surface area contributed by atoms with Crippen molar-refractivity contribution in [2.24, 2.45) is 0 Å². The molecule has 14 rings (SSSR count). The molecule has 0 N–H and O–H groups in total. The fraction of sp³-hybridized carbons (Fsp3) is 0.0400. The Hall–Kier alpha value is -7.38. The maximum Gasteiger partial charge on any atom is 0.247 e. The number of benzene rings is 4. The monoisotopic (exact) mass is 724 g/mol. The van der Waals surface area contributed by atoms with E-state index in [-0.39, 0.29) is 18.5 Å². The minimum absolute atomic E-state index is 0.0128. The summed E-state index contributed by atoms with van der Waals surface area (Å²) in [7, 11) is 0. The number of hydrogen-bond donors (Lipinski definition) is 0. The van der Waals surface area contributed by atoms with E-state index >= 15 is 0 Å². The van der Waals surface area contributed by atoms with Crippen LogP contribution >= 0.6 is 0 Å². The zero-order chi connectivity index (χ0) is 36.9. The van der Waals surface area contributed by atoms with Crippen molar-refractivity contribution in [3.05, 3.63) is 203 Å². The molecule has 0 saturated carbocycles. The summed E-state index contributed by atoms with van der Waals surface area (Å²) in [6, 6.07) is 50.7. The van der Waals surface area contributed by atoms with Crippen LogP contribution in [-0.4, -0.2) is 35.8 Å². The zero-order valence-corrected chi connectivity index (χ0v) is 30.5. The van der Waals surface area contributed by atoms with Crippen molar-refractivity contribution in [3.63, 3.8) is 0 Å². The van der Waals surface area contributed by atoms with Crippen LogP contribution in [0, 0.1) is 0 Å². The van der Waals surface area contributed by atoms with Gasteiger partial charge < -0.3 is 0 Å². The lowest BCUT2D eigenvalue weighted by Gasteiger charge is -2.38. The molecule has 2 atom stereocenters. The van der Waals surface area contributed by atoms with E-state index in [2.05, 4.69) is 137 Å². The van der Waals surface area contributed by atoms with Crippen LogP contribution in [0.4, 0.5) is 0 Å². The lowest BCUT2D eigenvalue weighted by Crippen LogP contribution is -2.61. The number of aromatic nitrogens is 6. The summed E-state index contributed by atoms with van der Waals surface area (Å²) in [5.74, 6) is 0.114. The van der Waals surface area contributed by atoms with Gasteiger partial charge in [-0.15, -0.1) is 0 Å². The van der Waals surface area contributed by atoms with Gasteiger partial charge in [-0.3, -0.25) is 29.1 Å². The van der Waals surface area contributed by atoms with E-state index in [4.69, 9.17) is 19.9 Å². The summed E-state index contributed by atoms with van der Waals surface area (Å²) in [6.45, 7) is 0.0128. The molecule has 4 aromatic carbocycles. The van der Waals surface area contributed by atoms with Crippen LogP contribution in [-0.2, 0) is 0 Å². The summed E-state index contributed by atoms with van der Waals surface area (Å²) in [5, 5.41) is 1.08. The van der Waals surface area contributed by atoms with E-state index in [1.807, 2.05) is 36.9 Å². The van der Waals surface area contributed by atoms with E-state index in [0.29, 0.717) is 0 Å². The quantitative estimate of drug-likeness (QED) is 0.173. The maximum atomic E-state index is 5.21. The smallest absolute Gasteiger partial charge is 0.247 e. The Kier molecular flexibility index (Phi) is 5.61. The molecular weight excluding hydrogens is 695 g/mol. The third kappa shape index (κ3) is 3.63. The molecule has 7 heteroatoms. The Balaban J connectivity index is 1.17. The molecule has 4 aliphatic rings. The minimum atomic E-state index is 0.0128. The summed E-state index contributed by atoms with van der Waals surface area (Å²) >= 11 is 0. The first kappa shape index (κ1) is 29.9. The van der Waals surface area contributed by atoms with Gasteiger partial charge in [0, 0.05) is 59.1 Å². The van der Waals surface area contributed by atoms with Gasteiger partial charge in [-0.25, -0.2) is 0 Å². The van der Waals surface area contributed by atoms with E-state index in [1.54, 1.807) is 0 Å². The minimum Gasteiger partial charge on any atom is -0.294 e. The Morgan fingerprint density at radius 3 is 2.25 bits per heavy atom. The SMILES string of the molecule is c1ccc(C2C3=C(c4cccc5c4C3c3cc(-c4ccccn4)cc4c3B5c3ccnc5c6c7ncccc7n(-c7ccccc7)c6n-4c35)c3ncccc32)cc1. The number of para-hydroxylation sites is 1. The lowest BCUT2D eigenvalue weighted by molar-refractivity contribution is 0.851. The highest BCUT2D eigenvalue weighted by atomic mass is 15.2. The molecule has 0 amide bonds. The molecule has 10 aromatic rings. The third-order valence-electron chi connectivity index (χ3n) is 13.1. The van der Waals surface area contributed by atoms with E-state index in [0.717, 1.165) is 55.7 Å². The van der Waals surface area contributed by atoms with Crippen LogP contribution in [0.1, 0.15) is 45.3 Å². The number of hydrogen-bond acceptors (Lipinski definition) is 4. The summed E-state index contributed by atoms with van der Waals surface area (Å²) in [6.07, 6.45) is 7.79. The average Bonchev–Trinajstić information content (AvgIpc) is 4.00. The fourth-order valence-corrected chi connectivity index (χ4v) is 11.1. The predicted octanol–water partition coefficient (Wildman–Crippen LogP) is 8.21. The second-order valence-electron chi connectivity index (χ2n) is 15.7. The van der Waals surface area contributed by atoms with Crippen LogP contribution in [0.5, 0.6) is 0 Å². The van der Waals surface area contributed by atoms with Gasteiger partial charge in [-0.2, -0.15) is 0 Å². The maximum absolute atomic E-state index is 5.21. The molecule has 8 heterocycles. The van der Waals surface area contributed by atoms with Crippen molar-refractivity contribution in [2.45, 2.75) is 11.8 Å². The summed E-state index contributed by atoms with van der Waals surface area (Å²) in [5.41, 5.74) is 24.0. The van der Waals surface area contributed by atoms with Crippen molar-refractivity contribution in [1.82, 2.24) is 29.1 Å². The number of pyridine rings is 4. The van der Waals surface area contributed by atoms with Gasteiger partial charge in [0.15, 0.2) is 0 Å². The van der Waals surface area contributed by atoms with Crippen molar-refractivity contribution >= 4 is 61.8 Å². The van der Waals surface area contributed by atoms with Crippen LogP contribution < -0.4 is 16.4 Å². The highest BCUT2D eigenvalue weighted by Gasteiger charge is 2.52. The fourth-order valence-electron chi connectivity index (χ4n) is 11.1. The zero-order valence-electron chi connectivity index (χ0n) is 30.5. The van der Waals surface area contributed by atoms with Crippen molar-refractivity contribution in [3.8, 4) is 22.6 Å². The molecule has 262 valence electrons. The number of fused-ring (bicyclic) bond motifs is 13. The Bertz CT molecular complexity index is 3420. The van der Waals surface area contributed by atoms with Crippen LogP contribution in [0.2, 0.25) is 0 Å². The first-order chi connectivity index (χ1) is 28.3. The van der Waals surface area contributed by atoms with Crippen LogP contribution in [0.15, 0.2) is 170 Å². The normalized spacial score (nSPS) is 16.7. The van der Waals surface area contributed by atoms with Gasteiger partial charge in [-0.1, -0.05) is 84.3 Å². The van der Waals surface area contributed by atoms with Crippen molar-refractivity contribution < 1.29 is 0 Å². The van der Waals surface area contributed by atoms with Crippen LogP contribution in [0.3, 0.4) is 0 Å². The van der Waals surface area contributed by atoms with Gasteiger partial charge in [0.2, 0.25) is 6.71 Å². The lowest BCUT2D eigenvalue weighted by atomic mass is 9.31. The molecular formula is C50H29BN6. The molecule has 0 spiro atoms. The second-order valence-corrected chi connectivity index (χ2v) is 15.7. The summed E-state index contributed by atoms with van der Waals surface area (Å²) in [4.78, 5) is 20.4. The molecule has 57 heavy (non-hydrogen) atoms. The highest BCUT2D eigenvalue weighted by molar-refractivity contribution is 6.99. The van der Waals surface area contributed by atoms with Gasteiger partial charge in [0.25, 0.3) is 0 Å². The number of allylic oxidation sites excluding steroid dienone is 1. The van der Waals surface area contributed by atoms with E-state index < -0.39 is 0 Å². The molecule has 0 fully saturated rings. The molecule has 0 radical (unpaired) electrons. The molecule has 2 aliphatic heterocycles. The average molecular weight is 725 g/mol. The van der Waals surface area contributed by atoms with Gasteiger partial charge >= 0.3 is 0 Å². The topological polar surface area (TPSA) is 61.4 Å². The number of nitrogens with zero attached hydrogens (tertiary/aromatic N) is 6. The largest absolute Gasteiger partial charge is 0.294 e. The van der Waals surface area contributed by atoms with Crippen molar-refractivity contribution in [2.75, 3.05) is 0 Å². The molecule has 6 aromatic heterocycles. The number of rotatable bonds is 3. The highest BCUT2D eigenvalue weighted by Crippen LogP contribution is 2.60. The summed E-state index contributed by atoms with van der Waals surface area (Å²) < 4.78 is 4.90. The van der Waals surface area contributed by atoms with E-state index in [1.165, 1.54) is 61.0 Å². The van der Waals surface area contributed by atoms with Gasteiger partial charge in [0.1, 0.15) is 11.2 Å². The van der Waals surface area contributed by atoms with Crippen molar-refractivity contribution in [1.29, 1.82) is 0 Å². The molecule has 0 saturated heterocycles. The molecule has 2 aliphatic carbocycles. The van der Waals surface area contributed by atoms with E-state index in [9.17, 15) is 0 Å². The first-order valence-corrected chi connectivity index (χ1v) is 19.7. The molecule has 0 bridgehead atoms.